The van der Waals surface area contributed by atoms with Crippen molar-refractivity contribution in [2.75, 3.05) is 5.32 Å². The van der Waals surface area contributed by atoms with Crippen molar-refractivity contribution in [3.05, 3.63) is 65.0 Å². The Morgan fingerprint density at radius 2 is 1.81 bits per heavy atom. The first kappa shape index (κ1) is 14.9. The number of hydrogen-bond donors (Lipinski definition) is 2. The predicted molar refractivity (Wildman–Crippen MR) is 71.5 cm³/mol. The van der Waals surface area contributed by atoms with E-state index in [1.807, 2.05) is 0 Å². The van der Waals surface area contributed by atoms with Gasteiger partial charge in [0, 0.05) is 17.3 Å². The number of hydrogen-bond acceptors (Lipinski definition) is 2. The summed E-state index contributed by atoms with van der Waals surface area (Å²) < 4.78 is 39.9. The third-order valence-corrected chi connectivity index (χ3v) is 2.87. The minimum absolute atomic E-state index is 0.198. The molecular weight excluding hydrogens is 283 g/mol. The van der Waals surface area contributed by atoms with Gasteiger partial charge in [-0.25, -0.2) is 18.0 Å². The molecule has 2 aromatic carbocycles. The number of nitrogens with one attached hydrogen (secondary N) is 1. The second-order valence-corrected chi connectivity index (χ2v) is 4.60. The molecule has 3 nitrogen and oxygen atoms in total. The van der Waals surface area contributed by atoms with Gasteiger partial charge in [0.25, 0.3) is 0 Å². The van der Waals surface area contributed by atoms with Gasteiger partial charge in [-0.05, 0) is 36.8 Å². The Kier molecular flexibility index (Phi) is 4.16. The molecule has 0 radical (unpaired) electrons. The minimum Gasteiger partial charge on any atom is -0.479 e. The normalized spacial score (nSPS) is 12.0. The highest BCUT2D eigenvalue weighted by Crippen LogP contribution is 2.24. The topological polar surface area (TPSA) is 49.3 Å². The fourth-order valence-electron chi connectivity index (χ4n) is 1.99. The van der Waals surface area contributed by atoms with E-state index in [1.165, 1.54) is 12.1 Å². The fraction of sp³-hybridized carbons (Fsp3) is 0.133. The number of aryl methyl sites for hydroxylation is 1. The zero-order valence-corrected chi connectivity index (χ0v) is 11.0. The van der Waals surface area contributed by atoms with Crippen LogP contribution in [-0.2, 0) is 4.79 Å². The van der Waals surface area contributed by atoms with E-state index in [-0.39, 0.29) is 11.3 Å². The van der Waals surface area contributed by atoms with Crippen LogP contribution in [0, 0.1) is 24.4 Å². The van der Waals surface area contributed by atoms with Crippen LogP contribution in [0.25, 0.3) is 0 Å². The van der Waals surface area contributed by atoms with Gasteiger partial charge in [0.15, 0.2) is 6.04 Å². The molecule has 0 aliphatic heterocycles. The van der Waals surface area contributed by atoms with E-state index in [1.54, 1.807) is 6.92 Å². The molecule has 110 valence electrons. The second kappa shape index (κ2) is 5.87. The SMILES string of the molecule is Cc1cc(F)cc(NC(C(=O)O)c2ccc(F)cc2F)c1. The van der Waals surface area contributed by atoms with Crippen LogP contribution < -0.4 is 5.32 Å². The molecule has 2 aromatic rings. The molecule has 0 saturated heterocycles. The van der Waals surface area contributed by atoms with E-state index >= 15 is 0 Å². The molecule has 2 N–H and O–H groups in total. The van der Waals surface area contributed by atoms with Gasteiger partial charge in [-0.2, -0.15) is 0 Å². The van der Waals surface area contributed by atoms with Gasteiger partial charge < -0.3 is 10.4 Å². The molecule has 0 heterocycles. The first-order chi connectivity index (χ1) is 9.86. The van der Waals surface area contributed by atoms with Gasteiger partial charge in [0.1, 0.15) is 17.5 Å². The van der Waals surface area contributed by atoms with Crippen LogP contribution in [0.1, 0.15) is 17.2 Å². The molecule has 0 saturated carbocycles. The van der Waals surface area contributed by atoms with Gasteiger partial charge in [-0.3, -0.25) is 0 Å². The van der Waals surface area contributed by atoms with Crippen molar-refractivity contribution in [1.29, 1.82) is 0 Å². The van der Waals surface area contributed by atoms with Gasteiger partial charge in [0.2, 0.25) is 0 Å². The Morgan fingerprint density at radius 3 is 2.38 bits per heavy atom. The van der Waals surface area contributed by atoms with Crippen molar-refractivity contribution in [3.63, 3.8) is 0 Å². The van der Waals surface area contributed by atoms with Crippen molar-refractivity contribution in [3.8, 4) is 0 Å². The van der Waals surface area contributed by atoms with Crippen LogP contribution in [0.3, 0.4) is 0 Å². The van der Waals surface area contributed by atoms with Gasteiger partial charge in [-0.15, -0.1) is 0 Å². The Morgan fingerprint density at radius 1 is 1.10 bits per heavy atom. The summed E-state index contributed by atoms with van der Waals surface area (Å²) in [4.78, 5) is 11.3. The highest BCUT2D eigenvalue weighted by Gasteiger charge is 2.23. The van der Waals surface area contributed by atoms with Crippen molar-refractivity contribution < 1.29 is 23.1 Å². The van der Waals surface area contributed by atoms with E-state index in [4.69, 9.17) is 0 Å². The summed E-state index contributed by atoms with van der Waals surface area (Å²) in [6.07, 6.45) is 0. The molecule has 0 aromatic heterocycles. The minimum atomic E-state index is -1.45. The van der Waals surface area contributed by atoms with Crippen LogP contribution in [0.15, 0.2) is 36.4 Å². The molecule has 0 aliphatic carbocycles. The lowest BCUT2D eigenvalue weighted by molar-refractivity contribution is -0.138. The van der Waals surface area contributed by atoms with Crippen LogP contribution >= 0.6 is 0 Å². The number of carboxylic acids is 1. The molecule has 1 unspecified atom stereocenters. The van der Waals surface area contributed by atoms with E-state index in [9.17, 15) is 23.1 Å². The maximum Gasteiger partial charge on any atom is 0.330 e. The number of rotatable bonds is 4. The summed E-state index contributed by atoms with van der Waals surface area (Å²) in [5.41, 5.74) is 0.552. The van der Waals surface area contributed by atoms with Crippen molar-refractivity contribution in [2.45, 2.75) is 13.0 Å². The number of carbonyl (C=O) groups is 1. The van der Waals surface area contributed by atoms with Crippen LogP contribution in [-0.4, -0.2) is 11.1 Å². The molecule has 0 bridgehead atoms. The van der Waals surface area contributed by atoms with E-state index in [0.29, 0.717) is 11.6 Å². The molecule has 0 amide bonds. The number of aliphatic carboxylic acids is 1. The van der Waals surface area contributed by atoms with Gasteiger partial charge >= 0.3 is 5.97 Å². The van der Waals surface area contributed by atoms with Crippen molar-refractivity contribution >= 4 is 11.7 Å². The monoisotopic (exact) mass is 295 g/mol. The van der Waals surface area contributed by atoms with Gasteiger partial charge in [-0.1, -0.05) is 6.07 Å². The van der Waals surface area contributed by atoms with Crippen LogP contribution in [0.2, 0.25) is 0 Å². The summed E-state index contributed by atoms with van der Waals surface area (Å²) in [5.74, 6) is -3.69. The molecule has 0 spiro atoms. The average Bonchev–Trinajstić information content (AvgIpc) is 2.35. The predicted octanol–water partition coefficient (Wildman–Crippen LogP) is 3.65. The summed E-state index contributed by atoms with van der Waals surface area (Å²) in [6.45, 7) is 1.64. The van der Waals surface area contributed by atoms with Crippen molar-refractivity contribution in [2.24, 2.45) is 0 Å². The van der Waals surface area contributed by atoms with Crippen LogP contribution in [0.4, 0.5) is 18.9 Å². The second-order valence-electron chi connectivity index (χ2n) is 4.60. The summed E-state index contributed by atoms with van der Waals surface area (Å²) in [5, 5.41) is 11.7. The largest absolute Gasteiger partial charge is 0.479 e. The zero-order valence-electron chi connectivity index (χ0n) is 11.0. The first-order valence-electron chi connectivity index (χ1n) is 6.08. The van der Waals surface area contributed by atoms with E-state index in [0.717, 1.165) is 18.2 Å². The lowest BCUT2D eigenvalue weighted by Gasteiger charge is -2.17. The fourth-order valence-corrected chi connectivity index (χ4v) is 1.99. The third-order valence-electron chi connectivity index (χ3n) is 2.87. The number of benzene rings is 2. The summed E-state index contributed by atoms with van der Waals surface area (Å²) in [6, 6.07) is 5.07. The Labute approximate surface area is 119 Å². The summed E-state index contributed by atoms with van der Waals surface area (Å²) in [7, 11) is 0. The Balaban J connectivity index is 2.37. The molecule has 0 aliphatic rings. The summed E-state index contributed by atoms with van der Waals surface area (Å²) >= 11 is 0. The number of halogens is 3. The molecular formula is C15H12F3NO2. The molecule has 2 rings (SSSR count). The highest BCUT2D eigenvalue weighted by atomic mass is 19.1. The highest BCUT2D eigenvalue weighted by molar-refractivity contribution is 5.79. The maximum atomic E-state index is 13.7. The zero-order chi connectivity index (χ0) is 15.6. The Bertz CT molecular complexity index is 668. The molecule has 1 atom stereocenters. The van der Waals surface area contributed by atoms with Gasteiger partial charge in [0.05, 0.1) is 0 Å². The first-order valence-corrected chi connectivity index (χ1v) is 6.08. The van der Waals surface area contributed by atoms with Crippen LogP contribution in [0.5, 0.6) is 0 Å². The van der Waals surface area contributed by atoms with E-state index in [2.05, 4.69) is 5.32 Å². The molecule has 21 heavy (non-hydrogen) atoms. The standard InChI is InChI=1S/C15H12F3NO2/c1-8-4-10(17)6-11(5-8)19-14(15(20)21)12-3-2-9(16)7-13(12)18/h2-7,14,19H,1H3,(H,20,21). The maximum absolute atomic E-state index is 13.7. The third kappa shape index (κ3) is 3.53. The lowest BCUT2D eigenvalue weighted by Crippen LogP contribution is -2.22. The smallest absolute Gasteiger partial charge is 0.330 e. The number of anilines is 1. The quantitative estimate of drug-likeness (QED) is 0.905. The lowest BCUT2D eigenvalue weighted by atomic mass is 10.1. The molecule has 6 heteroatoms. The molecule has 0 fully saturated rings. The number of carboxylic acid groups (broad SMARTS) is 1. The Hall–Kier alpha value is -2.50. The van der Waals surface area contributed by atoms with E-state index < -0.39 is 29.5 Å². The van der Waals surface area contributed by atoms with Crippen molar-refractivity contribution in [1.82, 2.24) is 0 Å². The average molecular weight is 295 g/mol.